The lowest BCUT2D eigenvalue weighted by Gasteiger charge is -2.05. The van der Waals surface area contributed by atoms with E-state index in [-0.39, 0.29) is 18.3 Å². The van der Waals surface area contributed by atoms with E-state index in [9.17, 15) is 4.79 Å². The van der Waals surface area contributed by atoms with E-state index in [2.05, 4.69) is 26.2 Å². The average Bonchev–Trinajstić information content (AvgIpc) is 2.39. The smallest absolute Gasteiger partial charge is 0.251 e. The van der Waals surface area contributed by atoms with Gasteiger partial charge in [0.2, 0.25) is 0 Å². The van der Waals surface area contributed by atoms with Crippen LogP contribution in [-0.2, 0) is 6.54 Å². The molecular formula is C13H12BrClN2O. The molecule has 1 aromatic heterocycles. The maximum atomic E-state index is 11.7. The Kier molecular flexibility index (Phi) is 5.82. The number of hydrogen-bond acceptors (Lipinski definition) is 2. The Balaban J connectivity index is 0.00000162. The van der Waals surface area contributed by atoms with Gasteiger partial charge >= 0.3 is 0 Å². The van der Waals surface area contributed by atoms with Gasteiger partial charge in [-0.15, -0.1) is 12.4 Å². The van der Waals surface area contributed by atoms with Crippen LogP contribution in [0.2, 0.25) is 0 Å². The predicted octanol–water partition coefficient (Wildman–Crippen LogP) is 3.20. The SMILES string of the molecule is Cl.O=C(NCc1ccc(Br)cc1)c1ccncc1. The number of hydrogen-bond donors (Lipinski definition) is 1. The van der Waals surface area contributed by atoms with Gasteiger partial charge in [-0.2, -0.15) is 0 Å². The molecule has 2 aromatic rings. The highest BCUT2D eigenvalue weighted by Gasteiger charge is 2.03. The molecule has 0 aliphatic carbocycles. The highest BCUT2D eigenvalue weighted by Crippen LogP contribution is 2.10. The minimum Gasteiger partial charge on any atom is -0.348 e. The Morgan fingerprint density at radius 2 is 1.72 bits per heavy atom. The Hall–Kier alpha value is -1.39. The summed E-state index contributed by atoms with van der Waals surface area (Å²) in [4.78, 5) is 15.6. The number of pyridine rings is 1. The van der Waals surface area contributed by atoms with Crippen LogP contribution >= 0.6 is 28.3 Å². The molecule has 0 atom stereocenters. The third-order valence-electron chi connectivity index (χ3n) is 2.31. The van der Waals surface area contributed by atoms with Crippen LogP contribution in [0.5, 0.6) is 0 Å². The van der Waals surface area contributed by atoms with E-state index >= 15 is 0 Å². The molecule has 0 bridgehead atoms. The van der Waals surface area contributed by atoms with Crippen LogP contribution in [0.3, 0.4) is 0 Å². The largest absolute Gasteiger partial charge is 0.348 e. The minimum absolute atomic E-state index is 0. The molecule has 0 fully saturated rings. The van der Waals surface area contributed by atoms with Gasteiger partial charge in [0.1, 0.15) is 0 Å². The number of aromatic nitrogens is 1. The van der Waals surface area contributed by atoms with Gasteiger partial charge in [-0.1, -0.05) is 28.1 Å². The second kappa shape index (κ2) is 7.13. The Morgan fingerprint density at radius 3 is 2.33 bits per heavy atom. The number of rotatable bonds is 3. The van der Waals surface area contributed by atoms with E-state index in [1.54, 1.807) is 24.5 Å². The lowest BCUT2D eigenvalue weighted by Crippen LogP contribution is -2.22. The maximum Gasteiger partial charge on any atom is 0.251 e. The summed E-state index contributed by atoms with van der Waals surface area (Å²) in [5, 5.41) is 2.85. The van der Waals surface area contributed by atoms with Crippen molar-refractivity contribution in [2.45, 2.75) is 6.54 Å². The molecule has 0 saturated carbocycles. The summed E-state index contributed by atoms with van der Waals surface area (Å²) >= 11 is 3.37. The third-order valence-corrected chi connectivity index (χ3v) is 2.84. The number of benzene rings is 1. The van der Waals surface area contributed by atoms with Gasteiger partial charge in [0.25, 0.3) is 5.91 Å². The van der Waals surface area contributed by atoms with Crippen LogP contribution in [0, 0.1) is 0 Å². The zero-order chi connectivity index (χ0) is 12.1. The first kappa shape index (κ1) is 14.7. The summed E-state index contributed by atoms with van der Waals surface area (Å²) in [6, 6.07) is 11.2. The van der Waals surface area contributed by atoms with Crippen LogP contribution in [0.1, 0.15) is 15.9 Å². The van der Waals surface area contributed by atoms with Gasteiger partial charge in [0.05, 0.1) is 0 Å². The summed E-state index contributed by atoms with van der Waals surface area (Å²) in [7, 11) is 0. The van der Waals surface area contributed by atoms with Gasteiger partial charge < -0.3 is 5.32 Å². The Bertz CT molecular complexity index is 502. The summed E-state index contributed by atoms with van der Waals surface area (Å²) < 4.78 is 1.03. The quantitative estimate of drug-likeness (QED) is 0.940. The number of amides is 1. The van der Waals surface area contributed by atoms with Crippen molar-refractivity contribution in [2.75, 3.05) is 0 Å². The van der Waals surface area contributed by atoms with Crippen molar-refractivity contribution in [3.05, 3.63) is 64.4 Å². The Morgan fingerprint density at radius 1 is 1.11 bits per heavy atom. The van der Waals surface area contributed by atoms with Crippen molar-refractivity contribution in [2.24, 2.45) is 0 Å². The summed E-state index contributed by atoms with van der Waals surface area (Å²) in [6.07, 6.45) is 3.21. The van der Waals surface area contributed by atoms with Crippen molar-refractivity contribution in [3.63, 3.8) is 0 Å². The molecule has 0 aliphatic heterocycles. The van der Waals surface area contributed by atoms with Gasteiger partial charge in [-0.05, 0) is 29.8 Å². The standard InChI is InChI=1S/C13H11BrN2O.ClH/c14-12-3-1-10(2-4-12)9-16-13(17)11-5-7-15-8-6-11;/h1-8H,9H2,(H,16,17);1H. The fourth-order valence-electron chi connectivity index (χ4n) is 1.39. The predicted molar refractivity (Wildman–Crippen MR) is 76.8 cm³/mol. The van der Waals surface area contributed by atoms with E-state index in [4.69, 9.17) is 0 Å². The zero-order valence-corrected chi connectivity index (χ0v) is 11.9. The molecule has 0 saturated heterocycles. The summed E-state index contributed by atoms with van der Waals surface area (Å²) in [5.41, 5.74) is 1.69. The first-order chi connectivity index (χ1) is 8.25. The number of carbonyl (C=O) groups is 1. The normalized spacial score (nSPS) is 9.39. The number of nitrogens with one attached hydrogen (secondary N) is 1. The van der Waals surface area contributed by atoms with Crippen molar-refractivity contribution >= 4 is 34.2 Å². The average molecular weight is 328 g/mol. The van der Waals surface area contributed by atoms with Crippen LogP contribution < -0.4 is 5.32 Å². The molecule has 5 heteroatoms. The fourth-order valence-corrected chi connectivity index (χ4v) is 1.65. The fraction of sp³-hybridized carbons (Fsp3) is 0.0769. The first-order valence-electron chi connectivity index (χ1n) is 5.18. The monoisotopic (exact) mass is 326 g/mol. The molecule has 3 nitrogen and oxygen atoms in total. The first-order valence-corrected chi connectivity index (χ1v) is 5.97. The third kappa shape index (κ3) is 4.13. The molecule has 2 rings (SSSR count). The molecule has 1 aromatic carbocycles. The van der Waals surface area contributed by atoms with Crippen molar-refractivity contribution in [1.29, 1.82) is 0 Å². The van der Waals surface area contributed by atoms with Crippen LogP contribution in [-0.4, -0.2) is 10.9 Å². The van der Waals surface area contributed by atoms with Crippen LogP contribution in [0.15, 0.2) is 53.3 Å². The van der Waals surface area contributed by atoms with Gasteiger partial charge in [0, 0.05) is 29.0 Å². The van der Waals surface area contributed by atoms with Gasteiger partial charge in [-0.3, -0.25) is 9.78 Å². The molecule has 0 spiro atoms. The number of nitrogens with zero attached hydrogens (tertiary/aromatic N) is 1. The molecule has 0 unspecified atom stereocenters. The molecule has 0 radical (unpaired) electrons. The molecule has 0 aliphatic rings. The van der Waals surface area contributed by atoms with Crippen molar-refractivity contribution < 1.29 is 4.79 Å². The van der Waals surface area contributed by atoms with Crippen molar-refractivity contribution in [3.8, 4) is 0 Å². The molecule has 1 heterocycles. The molecule has 18 heavy (non-hydrogen) atoms. The molecule has 1 N–H and O–H groups in total. The van der Waals surface area contributed by atoms with E-state index in [0.29, 0.717) is 12.1 Å². The van der Waals surface area contributed by atoms with Gasteiger partial charge in [-0.25, -0.2) is 0 Å². The van der Waals surface area contributed by atoms with E-state index in [0.717, 1.165) is 10.0 Å². The molecule has 94 valence electrons. The molecule has 1 amide bonds. The van der Waals surface area contributed by atoms with E-state index in [1.807, 2.05) is 24.3 Å². The Labute approximate surface area is 120 Å². The minimum atomic E-state index is -0.0877. The van der Waals surface area contributed by atoms with Crippen molar-refractivity contribution in [1.82, 2.24) is 10.3 Å². The highest BCUT2D eigenvalue weighted by molar-refractivity contribution is 9.10. The highest BCUT2D eigenvalue weighted by atomic mass is 79.9. The van der Waals surface area contributed by atoms with E-state index in [1.165, 1.54) is 0 Å². The van der Waals surface area contributed by atoms with Crippen LogP contribution in [0.4, 0.5) is 0 Å². The van der Waals surface area contributed by atoms with Crippen LogP contribution in [0.25, 0.3) is 0 Å². The zero-order valence-electron chi connectivity index (χ0n) is 9.47. The summed E-state index contributed by atoms with van der Waals surface area (Å²) in [5.74, 6) is -0.0877. The lowest BCUT2D eigenvalue weighted by atomic mass is 10.2. The lowest BCUT2D eigenvalue weighted by molar-refractivity contribution is 0.0951. The number of halogens is 2. The second-order valence-corrected chi connectivity index (χ2v) is 4.46. The second-order valence-electron chi connectivity index (χ2n) is 3.55. The topological polar surface area (TPSA) is 42.0 Å². The maximum absolute atomic E-state index is 11.7. The number of carbonyl (C=O) groups excluding carboxylic acids is 1. The van der Waals surface area contributed by atoms with E-state index < -0.39 is 0 Å². The summed E-state index contributed by atoms with van der Waals surface area (Å²) in [6.45, 7) is 0.522. The molecular weight excluding hydrogens is 316 g/mol. The van der Waals surface area contributed by atoms with Gasteiger partial charge in [0.15, 0.2) is 0 Å².